The highest BCUT2D eigenvalue weighted by molar-refractivity contribution is 5.60. The van der Waals surface area contributed by atoms with Crippen molar-refractivity contribution in [2.75, 3.05) is 5.73 Å². The van der Waals surface area contributed by atoms with E-state index in [4.69, 9.17) is 5.73 Å². The standard InChI is InChI=1S/C11H13N.C2H6/c12-11-7-6-9-4-2-1-3-5-10(9)8-11;1-2/h3,5-8H,1-2,4,12H2;1-2H3. The largest absolute Gasteiger partial charge is 0.399 e. The van der Waals surface area contributed by atoms with E-state index in [1.807, 2.05) is 19.9 Å². The Bertz CT molecular complexity index is 313. The Morgan fingerprint density at radius 2 is 2.00 bits per heavy atom. The Kier molecular flexibility index (Phi) is 4.24. The predicted molar refractivity (Wildman–Crippen MR) is 64.2 cm³/mol. The van der Waals surface area contributed by atoms with E-state index in [-0.39, 0.29) is 0 Å². The van der Waals surface area contributed by atoms with Crippen LogP contribution in [0.15, 0.2) is 24.3 Å². The van der Waals surface area contributed by atoms with Gasteiger partial charge in [0.05, 0.1) is 0 Å². The van der Waals surface area contributed by atoms with Crippen molar-refractivity contribution in [3.05, 3.63) is 35.4 Å². The van der Waals surface area contributed by atoms with E-state index in [9.17, 15) is 0 Å². The summed E-state index contributed by atoms with van der Waals surface area (Å²) in [7, 11) is 0. The highest BCUT2D eigenvalue weighted by Gasteiger charge is 2.02. The maximum atomic E-state index is 5.70. The van der Waals surface area contributed by atoms with Gasteiger partial charge < -0.3 is 5.73 Å². The summed E-state index contributed by atoms with van der Waals surface area (Å²) in [4.78, 5) is 0. The minimum Gasteiger partial charge on any atom is -0.399 e. The summed E-state index contributed by atoms with van der Waals surface area (Å²) >= 11 is 0. The van der Waals surface area contributed by atoms with Gasteiger partial charge in [-0.25, -0.2) is 0 Å². The number of nitrogen functional groups attached to an aromatic ring is 1. The number of benzene rings is 1. The van der Waals surface area contributed by atoms with Gasteiger partial charge in [-0.3, -0.25) is 0 Å². The minimum absolute atomic E-state index is 0.861. The van der Waals surface area contributed by atoms with Crippen LogP contribution in [0.1, 0.15) is 37.8 Å². The van der Waals surface area contributed by atoms with Crippen LogP contribution in [0.4, 0.5) is 5.69 Å². The van der Waals surface area contributed by atoms with Gasteiger partial charge in [0.15, 0.2) is 0 Å². The van der Waals surface area contributed by atoms with Crippen molar-refractivity contribution >= 4 is 11.8 Å². The second-order valence-electron chi connectivity index (χ2n) is 3.25. The zero-order chi connectivity index (χ0) is 10.4. The van der Waals surface area contributed by atoms with Crippen molar-refractivity contribution in [1.82, 2.24) is 0 Å². The molecule has 0 radical (unpaired) electrons. The molecule has 0 amide bonds. The number of rotatable bonds is 0. The summed E-state index contributed by atoms with van der Waals surface area (Å²) in [5.74, 6) is 0. The third-order valence-electron chi connectivity index (χ3n) is 2.28. The SMILES string of the molecule is CC.Nc1ccc2c(c1)C=CCCC2. The zero-order valence-corrected chi connectivity index (χ0v) is 9.09. The van der Waals surface area contributed by atoms with E-state index in [0.29, 0.717) is 0 Å². The van der Waals surface area contributed by atoms with Crippen LogP contribution in [0, 0.1) is 0 Å². The van der Waals surface area contributed by atoms with Gasteiger partial charge in [-0.1, -0.05) is 32.1 Å². The van der Waals surface area contributed by atoms with Crippen molar-refractivity contribution in [2.45, 2.75) is 33.1 Å². The van der Waals surface area contributed by atoms with Crippen LogP contribution in [0.3, 0.4) is 0 Å². The molecule has 2 N–H and O–H groups in total. The molecule has 0 unspecified atom stereocenters. The average molecular weight is 189 g/mol. The van der Waals surface area contributed by atoms with Crippen LogP contribution in [0.25, 0.3) is 6.08 Å². The van der Waals surface area contributed by atoms with Gasteiger partial charge in [-0.2, -0.15) is 0 Å². The summed E-state index contributed by atoms with van der Waals surface area (Å²) in [6.45, 7) is 4.00. The molecule has 0 saturated heterocycles. The van der Waals surface area contributed by atoms with Crippen LogP contribution >= 0.6 is 0 Å². The molecule has 0 atom stereocenters. The van der Waals surface area contributed by atoms with Crippen LogP contribution in [-0.4, -0.2) is 0 Å². The topological polar surface area (TPSA) is 26.0 Å². The Balaban J connectivity index is 0.000000461. The van der Waals surface area contributed by atoms with Crippen molar-refractivity contribution in [2.24, 2.45) is 0 Å². The molecule has 0 bridgehead atoms. The van der Waals surface area contributed by atoms with Gasteiger partial charge >= 0.3 is 0 Å². The lowest BCUT2D eigenvalue weighted by Crippen LogP contribution is -1.90. The first kappa shape index (κ1) is 10.8. The molecule has 0 heterocycles. The summed E-state index contributed by atoms with van der Waals surface area (Å²) in [6, 6.07) is 6.18. The van der Waals surface area contributed by atoms with Crippen LogP contribution in [0.5, 0.6) is 0 Å². The molecule has 0 fully saturated rings. The molecule has 0 spiro atoms. The Labute approximate surface area is 86.6 Å². The smallest absolute Gasteiger partial charge is 0.0320 e. The maximum absolute atomic E-state index is 5.70. The van der Waals surface area contributed by atoms with Gasteiger partial charge in [-0.15, -0.1) is 0 Å². The Hall–Kier alpha value is -1.24. The summed E-state index contributed by atoms with van der Waals surface area (Å²) in [6.07, 6.45) is 8.04. The number of aryl methyl sites for hydroxylation is 1. The third-order valence-corrected chi connectivity index (χ3v) is 2.28. The van der Waals surface area contributed by atoms with E-state index in [0.717, 1.165) is 5.69 Å². The molecule has 1 aliphatic carbocycles. The van der Waals surface area contributed by atoms with Crippen molar-refractivity contribution in [1.29, 1.82) is 0 Å². The molecule has 14 heavy (non-hydrogen) atoms. The maximum Gasteiger partial charge on any atom is 0.0320 e. The van der Waals surface area contributed by atoms with Gasteiger partial charge in [0.25, 0.3) is 0 Å². The molecule has 0 saturated carbocycles. The molecule has 1 nitrogen and oxygen atoms in total. The second kappa shape index (κ2) is 5.48. The molecular weight excluding hydrogens is 170 g/mol. The highest BCUT2D eigenvalue weighted by Crippen LogP contribution is 2.20. The zero-order valence-electron chi connectivity index (χ0n) is 9.09. The number of nitrogens with two attached hydrogens (primary N) is 1. The van der Waals surface area contributed by atoms with E-state index >= 15 is 0 Å². The number of fused-ring (bicyclic) bond motifs is 1. The fourth-order valence-electron chi connectivity index (χ4n) is 1.62. The fourth-order valence-corrected chi connectivity index (χ4v) is 1.62. The number of allylic oxidation sites excluding steroid dienone is 1. The second-order valence-corrected chi connectivity index (χ2v) is 3.25. The third kappa shape index (κ3) is 2.63. The van der Waals surface area contributed by atoms with Gasteiger partial charge in [0.1, 0.15) is 0 Å². The Morgan fingerprint density at radius 3 is 2.79 bits per heavy atom. The van der Waals surface area contributed by atoms with E-state index in [1.54, 1.807) is 0 Å². The van der Waals surface area contributed by atoms with E-state index in [2.05, 4.69) is 24.3 Å². The molecule has 0 aliphatic heterocycles. The first-order valence-electron chi connectivity index (χ1n) is 5.41. The minimum atomic E-state index is 0.861. The van der Waals surface area contributed by atoms with Crippen molar-refractivity contribution in [3.8, 4) is 0 Å². The lowest BCUT2D eigenvalue weighted by molar-refractivity contribution is 0.852. The number of hydrogen-bond donors (Lipinski definition) is 1. The normalized spacial score (nSPS) is 13.6. The summed E-state index contributed by atoms with van der Waals surface area (Å²) < 4.78 is 0. The quantitative estimate of drug-likeness (QED) is 0.619. The van der Waals surface area contributed by atoms with E-state index in [1.165, 1.54) is 30.4 Å². The molecule has 0 aromatic heterocycles. The Morgan fingerprint density at radius 1 is 1.21 bits per heavy atom. The van der Waals surface area contributed by atoms with Crippen LogP contribution < -0.4 is 5.73 Å². The monoisotopic (exact) mass is 189 g/mol. The highest BCUT2D eigenvalue weighted by atomic mass is 14.5. The average Bonchev–Trinajstić information content (AvgIpc) is 2.45. The summed E-state index contributed by atoms with van der Waals surface area (Å²) in [5, 5.41) is 0. The fraction of sp³-hybridized carbons (Fsp3) is 0.385. The van der Waals surface area contributed by atoms with E-state index < -0.39 is 0 Å². The molecule has 1 aromatic rings. The molecule has 76 valence electrons. The van der Waals surface area contributed by atoms with Gasteiger partial charge in [0.2, 0.25) is 0 Å². The number of anilines is 1. The molecular formula is C13H19N. The molecule has 1 aromatic carbocycles. The molecule has 2 rings (SSSR count). The van der Waals surface area contributed by atoms with Gasteiger partial charge in [-0.05, 0) is 42.5 Å². The van der Waals surface area contributed by atoms with Gasteiger partial charge in [0, 0.05) is 5.69 Å². The number of hydrogen-bond acceptors (Lipinski definition) is 1. The van der Waals surface area contributed by atoms with Crippen LogP contribution in [0.2, 0.25) is 0 Å². The van der Waals surface area contributed by atoms with Crippen molar-refractivity contribution < 1.29 is 0 Å². The van der Waals surface area contributed by atoms with Crippen LogP contribution in [-0.2, 0) is 6.42 Å². The van der Waals surface area contributed by atoms with Crippen molar-refractivity contribution in [3.63, 3.8) is 0 Å². The lowest BCUT2D eigenvalue weighted by atomic mass is 10.0. The first-order chi connectivity index (χ1) is 6.86. The molecule has 1 heteroatoms. The lowest BCUT2D eigenvalue weighted by Gasteiger charge is -2.03. The summed E-state index contributed by atoms with van der Waals surface area (Å²) in [5.41, 5.74) is 9.29. The predicted octanol–water partition coefficient (Wildman–Crippen LogP) is 3.64. The first-order valence-corrected chi connectivity index (χ1v) is 5.41. The molecule has 1 aliphatic rings.